The molecule has 0 aliphatic carbocycles. The maximum absolute atomic E-state index is 6.40. The summed E-state index contributed by atoms with van der Waals surface area (Å²) < 4.78 is 8.99. The van der Waals surface area contributed by atoms with E-state index in [4.69, 9.17) is 4.42 Å². The van der Waals surface area contributed by atoms with Gasteiger partial charge in [0, 0.05) is 82.0 Å². The van der Waals surface area contributed by atoms with Gasteiger partial charge in [-0.05, 0) is 129 Å². The smallest absolute Gasteiger partial charge is 0.137 e. The van der Waals surface area contributed by atoms with Crippen molar-refractivity contribution in [1.29, 1.82) is 0 Å². The zero-order chi connectivity index (χ0) is 58.6. The quantitative estimate of drug-likeness (QED) is 0.122. The fourth-order valence-corrected chi connectivity index (χ4v) is 13.5. The predicted molar refractivity (Wildman–Crippen MR) is 375 cm³/mol. The van der Waals surface area contributed by atoms with Crippen molar-refractivity contribution < 1.29 is 4.42 Å². The molecule has 16 rings (SSSR count). The van der Waals surface area contributed by atoms with E-state index >= 15 is 0 Å². The Morgan fingerprint density at radius 3 is 0.955 bits per heavy atom. The molecule has 2 aromatic heterocycles. The maximum Gasteiger partial charge on any atom is 0.137 e. The average Bonchev–Trinajstić information content (AvgIpc) is 1.76. The van der Waals surface area contributed by atoms with Gasteiger partial charge in [-0.2, -0.15) is 0 Å². The largest absolute Gasteiger partial charge is 0.456 e. The van der Waals surface area contributed by atoms with Crippen molar-refractivity contribution in [3.05, 3.63) is 352 Å². The SMILES string of the molecule is c1ccc(-c2cc(-c3ccccc3)c(N(c3ccccc3)c3ccc4c(c3)oc3ccccc34)c(-c3ccccc3)c2)cc1.c1ccc(-c2cc(-c3ccccc3)c(N(c3ccccc3)c3ccc4c(c3)sc3ccccc34)c(-c3ccccc3)c2)cc1. The fraction of sp³-hybridized carbons (Fsp3) is 0. The molecule has 14 aromatic carbocycles. The molecule has 0 radical (unpaired) electrons. The molecule has 0 fully saturated rings. The van der Waals surface area contributed by atoms with Crippen LogP contribution < -0.4 is 9.80 Å². The van der Waals surface area contributed by atoms with Gasteiger partial charge in [-0.3, -0.25) is 0 Å². The van der Waals surface area contributed by atoms with E-state index in [-0.39, 0.29) is 0 Å². The summed E-state index contributed by atoms with van der Waals surface area (Å²) in [7, 11) is 0. The monoisotopic (exact) mass is 1140 g/mol. The number of hydrogen-bond donors (Lipinski definition) is 0. The van der Waals surface area contributed by atoms with E-state index in [1.807, 2.05) is 23.5 Å². The molecular formula is C84H58N2OS. The van der Waals surface area contributed by atoms with Crippen molar-refractivity contribution in [2.75, 3.05) is 9.80 Å². The van der Waals surface area contributed by atoms with Crippen LogP contribution in [-0.2, 0) is 0 Å². The standard InChI is InChI=1S/C42H29NO.C42H29NS/c2*1-5-15-30(16-6-1)33-27-38(31-17-7-2-8-18-31)42(39(28-33)32-19-9-3-10-20-32)43(34-21-11-4-12-22-34)35-25-26-37-36-23-13-14-24-40(36)44-41(37)29-35/h2*1-29H. The van der Waals surface area contributed by atoms with Gasteiger partial charge in [0.25, 0.3) is 0 Å². The number of benzene rings is 14. The first-order valence-corrected chi connectivity index (χ1v) is 30.7. The van der Waals surface area contributed by atoms with Crippen LogP contribution in [0.5, 0.6) is 0 Å². The second-order valence-corrected chi connectivity index (χ2v) is 23.0. The van der Waals surface area contributed by atoms with Gasteiger partial charge in [0.2, 0.25) is 0 Å². The van der Waals surface area contributed by atoms with E-state index < -0.39 is 0 Å². The lowest BCUT2D eigenvalue weighted by molar-refractivity contribution is 0.669. The molecular weight excluding hydrogens is 1090 g/mol. The molecule has 0 saturated heterocycles. The lowest BCUT2D eigenvalue weighted by Crippen LogP contribution is -2.13. The Kier molecular flexibility index (Phi) is 14.6. The second kappa shape index (κ2) is 24.0. The summed E-state index contributed by atoms with van der Waals surface area (Å²) in [4.78, 5) is 4.83. The van der Waals surface area contributed by atoms with Gasteiger partial charge in [0.15, 0.2) is 0 Å². The van der Waals surface area contributed by atoms with E-state index in [0.717, 1.165) is 78.3 Å². The highest BCUT2D eigenvalue weighted by molar-refractivity contribution is 7.25. The van der Waals surface area contributed by atoms with Gasteiger partial charge in [-0.25, -0.2) is 0 Å². The first-order chi connectivity index (χ1) is 43.7. The highest BCUT2D eigenvalue weighted by atomic mass is 32.1. The molecule has 0 unspecified atom stereocenters. The van der Waals surface area contributed by atoms with E-state index in [0.29, 0.717) is 0 Å². The zero-order valence-electron chi connectivity index (χ0n) is 48.2. The van der Waals surface area contributed by atoms with Crippen LogP contribution in [0.1, 0.15) is 0 Å². The Morgan fingerprint density at radius 2 is 0.523 bits per heavy atom. The van der Waals surface area contributed by atoms with Crippen LogP contribution in [0.4, 0.5) is 34.1 Å². The first kappa shape index (κ1) is 53.4. The van der Waals surface area contributed by atoms with Crippen LogP contribution in [0.3, 0.4) is 0 Å². The Balaban J connectivity index is 0.000000148. The van der Waals surface area contributed by atoms with Gasteiger partial charge in [0.05, 0.1) is 11.4 Å². The minimum atomic E-state index is 0.869. The van der Waals surface area contributed by atoms with Crippen molar-refractivity contribution >= 4 is 87.6 Å². The van der Waals surface area contributed by atoms with Crippen LogP contribution in [-0.4, -0.2) is 0 Å². The summed E-state index contributed by atoms with van der Waals surface area (Å²) in [5, 5.41) is 4.85. The third-order valence-corrected chi connectivity index (χ3v) is 17.6. The number of nitrogens with zero attached hydrogens (tertiary/aromatic N) is 2. The van der Waals surface area contributed by atoms with Crippen molar-refractivity contribution in [2.45, 2.75) is 0 Å². The molecule has 0 aliphatic rings. The lowest BCUT2D eigenvalue weighted by Gasteiger charge is -2.31. The van der Waals surface area contributed by atoms with E-state index in [2.05, 4.69) is 350 Å². The van der Waals surface area contributed by atoms with Crippen LogP contribution in [0.15, 0.2) is 356 Å². The predicted octanol–water partition coefficient (Wildman–Crippen LogP) is 24.6. The second-order valence-electron chi connectivity index (χ2n) is 21.9. The third kappa shape index (κ3) is 10.5. The summed E-state index contributed by atoms with van der Waals surface area (Å²) in [5.74, 6) is 0. The van der Waals surface area contributed by atoms with E-state index in [1.165, 1.54) is 64.7 Å². The Labute approximate surface area is 517 Å². The molecule has 0 saturated carbocycles. The van der Waals surface area contributed by atoms with Gasteiger partial charge in [0.1, 0.15) is 11.2 Å². The highest BCUT2D eigenvalue weighted by Crippen LogP contribution is 2.52. The maximum atomic E-state index is 6.40. The average molecular weight is 1140 g/mol. The number of anilines is 6. The summed E-state index contributed by atoms with van der Waals surface area (Å²) in [6.45, 7) is 0. The minimum Gasteiger partial charge on any atom is -0.456 e. The van der Waals surface area contributed by atoms with E-state index in [9.17, 15) is 0 Å². The van der Waals surface area contributed by atoms with Crippen LogP contribution in [0.25, 0.3) is 109 Å². The van der Waals surface area contributed by atoms with E-state index in [1.54, 1.807) is 0 Å². The number of rotatable bonds is 12. The molecule has 0 aliphatic heterocycles. The van der Waals surface area contributed by atoms with Gasteiger partial charge in [-0.1, -0.05) is 261 Å². The molecule has 0 spiro atoms. The van der Waals surface area contributed by atoms with Crippen LogP contribution in [0, 0.1) is 0 Å². The number of hydrogen-bond acceptors (Lipinski definition) is 4. The van der Waals surface area contributed by atoms with Crippen LogP contribution in [0.2, 0.25) is 0 Å². The topological polar surface area (TPSA) is 19.6 Å². The number of furan rings is 1. The normalized spacial score (nSPS) is 11.2. The van der Waals surface area contributed by atoms with Crippen molar-refractivity contribution in [1.82, 2.24) is 0 Å². The summed E-state index contributed by atoms with van der Waals surface area (Å²) in [6.07, 6.45) is 0. The molecule has 3 nitrogen and oxygen atoms in total. The van der Waals surface area contributed by atoms with Crippen molar-refractivity contribution in [2.24, 2.45) is 0 Å². The summed E-state index contributed by atoms with van der Waals surface area (Å²) >= 11 is 1.86. The molecule has 0 atom stereocenters. The molecule has 0 amide bonds. The molecule has 0 N–H and O–H groups in total. The fourth-order valence-electron chi connectivity index (χ4n) is 12.4. The summed E-state index contributed by atoms with van der Waals surface area (Å²) in [5.41, 5.74) is 22.5. The highest BCUT2D eigenvalue weighted by Gasteiger charge is 2.26. The number of para-hydroxylation sites is 3. The van der Waals surface area contributed by atoms with Gasteiger partial charge >= 0.3 is 0 Å². The number of thiophene rings is 1. The third-order valence-electron chi connectivity index (χ3n) is 16.5. The minimum absolute atomic E-state index is 0.869. The Morgan fingerprint density at radius 1 is 0.205 bits per heavy atom. The molecule has 88 heavy (non-hydrogen) atoms. The van der Waals surface area contributed by atoms with Gasteiger partial charge in [-0.15, -0.1) is 11.3 Å². The number of fused-ring (bicyclic) bond motifs is 6. The molecule has 416 valence electrons. The van der Waals surface area contributed by atoms with Crippen molar-refractivity contribution in [3.63, 3.8) is 0 Å². The lowest BCUT2D eigenvalue weighted by atomic mass is 9.90. The van der Waals surface area contributed by atoms with Gasteiger partial charge < -0.3 is 14.2 Å². The first-order valence-electron chi connectivity index (χ1n) is 29.9. The van der Waals surface area contributed by atoms with Crippen molar-refractivity contribution in [3.8, 4) is 66.8 Å². The zero-order valence-corrected chi connectivity index (χ0v) is 49.0. The molecule has 4 heteroatoms. The molecule has 16 aromatic rings. The van der Waals surface area contributed by atoms with Crippen LogP contribution >= 0.6 is 11.3 Å². The Bertz CT molecular complexity index is 4610. The summed E-state index contributed by atoms with van der Waals surface area (Å²) in [6, 6.07) is 126. The molecule has 2 heterocycles. The Hall–Kier alpha value is -11.3. The molecule has 0 bridgehead atoms.